The lowest BCUT2D eigenvalue weighted by Crippen LogP contribution is -3.00. The molecule has 0 fully saturated rings. The largest absolute Gasteiger partial charge is 1.00 e. The molecule has 0 aromatic carbocycles. The molecule has 1 N–H and O–H groups in total. The van der Waals surface area contributed by atoms with Crippen molar-refractivity contribution in [2.24, 2.45) is 5.16 Å². The molecule has 6 heteroatoms. The van der Waals surface area contributed by atoms with Crippen LogP contribution < -0.4 is 38.5 Å². The molecule has 0 aliphatic heterocycles. The summed E-state index contributed by atoms with van der Waals surface area (Å²) in [7, 11) is 0. The number of aryl methyl sites for hydroxylation is 1. The van der Waals surface area contributed by atoms with E-state index in [1.807, 2.05) is 24.5 Å². The number of hydrogen-bond donors (Lipinski definition) is 1. The molecule has 21 heavy (non-hydrogen) atoms. The monoisotopic (exact) mass is 423 g/mol. The smallest absolute Gasteiger partial charge is 0.169 e. The zero-order valence-corrected chi connectivity index (χ0v) is 16.3. The van der Waals surface area contributed by atoms with E-state index in [2.05, 4.69) is 30.5 Å². The van der Waals surface area contributed by atoms with Crippen molar-refractivity contribution in [2.75, 3.05) is 26.2 Å². The second kappa shape index (κ2) is 12.1. The summed E-state index contributed by atoms with van der Waals surface area (Å²) < 4.78 is 3.39. The molecule has 4 nitrogen and oxygen atoms in total. The fraction of sp³-hybridized carbons (Fsp3) is 0.600. The average molecular weight is 425 g/mol. The van der Waals surface area contributed by atoms with E-state index in [1.165, 1.54) is 43.3 Å². The van der Waals surface area contributed by atoms with E-state index in [4.69, 9.17) is 5.21 Å². The number of hydrogen-bond acceptors (Lipinski definition) is 2. The highest BCUT2D eigenvalue weighted by Gasteiger charge is 2.20. The lowest BCUT2D eigenvalue weighted by molar-refractivity contribution is -0.925. The molecule has 0 unspecified atom stereocenters. The highest BCUT2D eigenvalue weighted by atomic mass is 79.9. The molecule has 1 aromatic rings. The molecular weight excluding hydrogens is 398 g/mol. The zero-order chi connectivity index (χ0) is 14.1. The maximum Gasteiger partial charge on any atom is 0.169 e. The van der Waals surface area contributed by atoms with Crippen molar-refractivity contribution in [1.29, 1.82) is 0 Å². The second-order valence-corrected chi connectivity index (χ2v) is 4.98. The predicted octanol–water partition coefficient (Wildman–Crippen LogP) is -3.94. The van der Waals surface area contributed by atoms with E-state index in [0.717, 1.165) is 12.1 Å². The fourth-order valence-corrected chi connectivity index (χ4v) is 2.50. The lowest BCUT2D eigenvalue weighted by atomic mass is 10.2. The number of halogens is 2. The van der Waals surface area contributed by atoms with Crippen LogP contribution in [0.5, 0.6) is 0 Å². The Morgan fingerprint density at radius 1 is 1.10 bits per heavy atom. The first-order chi connectivity index (χ1) is 9.19. The first-order valence-corrected chi connectivity index (χ1v) is 7.21. The molecule has 0 amide bonds. The molecule has 0 atom stereocenters. The summed E-state index contributed by atoms with van der Waals surface area (Å²) in [6.07, 6.45) is 6.70. The van der Waals surface area contributed by atoms with Crippen molar-refractivity contribution in [1.82, 2.24) is 0 Å². The number of oxime groups is 1. The van der Waals surface area contributed by atoms with Crippen LogP contribution in [0, 0.1) is 0 Å². The van der Waals surface area contributed by atoms with Gasteiger partial charge in [-0.25, -0.2) is 4.57 Å². The van der Waals surface area contributed by atoms with Crippen molar-refractivity contribution >= 4 is 6.21 Å². The first-order valence-electron chi connectivity index (χ1n) is 7.21. The molecule has 1 rings (SSSR count). The van der Waals surface area contributed by atoms with E-state index in [-0.39, 0.29) is 34.0 Å². The molecule has 122 valence electrons. The van der Waals surface area contributed by atoms with Crippen LogP contribution in [0.15, 0.2) is 29.7 Å². The molecule has 0 aliphatic carbocycles. The molecule has 0 saturated heterocycles. The Morgan fingerprint density at radius 2 is 1.62 bits per heavy atom. The van der Waals surface area contributed by atoms with Crippen LogP contribution in [-0.2, 0) is 6.54 Å². The third-order valence-corrected chi connectivity index (χ3v) is 4.18. The summed E-state index contributed by atoms with van der Waals surface area (Å²) in [6, 6.07) is 3.92. The van der Waals surface area contributed by atoms with Crippen LogP contribution in [-0.4, -0.2) is 42.1 Å². The van der Waals surface area contributed by atoms with Crippen LogP contribution in [0.25, 0.3) is 0 Å². The molecular formula is C15H27Br2N3O. The molecule has 0 spiro atoms. The second-order valence-electron chi connectivity index (χ2n) is 4.98. The Hall–Kier alpha value is -0.460. The minimum atomic E-state index is 0. The molecule has 0 saturated carbocycles. The quantitative estimate of drug-likeness (QED) is 0.149. The summed E-state index contributed by atoms with van der Waals surface area (Å²) in [5.74, 6) is 0. The van der Waals surface area contributed by atoms with Crippen LogP contribution in [0.4, 0.5) is 0 Å². The molecule has 1 heterocycles. The topological polar surface area (TPSA) is 36.5 Å². The van der Waals surface area contributed by atoms with Gasteiger partial charge in [-0.05, 0) is 20.8 Å². The number of rotatable bonds is 8. The summed E-state index contributed by atoms with van der Waals surface area (Å²) in [5.41, 5.74) is 0.916. The van der Waals surface area contributed by atoms with Gasteiger partial charge in [-0.15, -0.1) is 0 Å². The Balaban J connectivity index is 0. The van der Waals surface area contributed by atoms with Gasteiger partial charge in [-0.3, -0.25) is 0 Å². The summed E-state index contributed by atoms with van der Waals surface area (Å²) in [6.45, 7) is 12.7. The van der Waals surface area contributed by atoms with Crippen molar-refractivity contribution < 1.29 is 48.2 Å². The Morgan fingerprint density at radius 3 is 2.05 bits per heavy atom. The molecule has 1 aromatic heterocycles. The van der Waals surface area contributed by atoms with Gasteiger partial charge in [0.05, 0.1) is 38.8 Å². The van der Waals surface area contributed by atoms with Gasteiger partial charge in [0.25, 0.3) is 0 Å². The van der Waals surface area contributed by atoms with Gasteiger partial charge < -0.3 is 43.7 Å². The van der Waals surface area contributed by atoms with Crippen molar-refractivity contribution in [3.05, 3.63) is 30.1 Å². The summed E-state index contributed by atoms with van der Waals surface area (Å²) in [4.78, 5) is 0. The average Bonchev–Trinajstić information content (AvgIpc) is 2.46. The van der Waals surface area contributed by atoms with Crippen LogP contribution in [0.2, 0.25) is 0 Å². The Kier molecular flexibility index (Phi) is 13.2. The minimum Gasteiger partial charge on any atom is -1.00 e. The Labute approximate surface area is 149 Å². The van der Waals surface area contributed by atoms with Gasteiger partial charge in [0.1, 0.15) is 0 Å². The van der Waals surface area contributed by atoms with Crippen LogP contribution in [0.3, 0.4) is 0 Å². The Bertz CT molecular complexity index is 384. The van der Waals surface area contributed by atoms with Gasteiger partial charge in [0.2, 0.25) is 0 Å². The van der Waals surface area contributed by atoms with Crippen molar-refractivity contribution in [3.63, 3.8) is 0 Å². The molecule has 0 bridgehead atoms. The zero-order valence-electron chi connectivity index (χ0n) is 13.2. The van der Waals surface area contributed by atoms with Gasteiger partial charge in [-0.2, -0.15) is 0 Å². The van der Waals surface area contributed by atoms with E-state index < -0.39 is 0 Å². The van der Waals surface area contributed by atoms with E-state index in [0.29, 0.717) is 0 Å². The van der Waals surface area contributed by atoms with Gasteiger partial charge >= 0.3 is 0 Å². The first kappa shape index (κ1) is 22.8. The summed E-state index contributed by atoms with van der Waals surface area (Å²) in [5, 5.41) is 11.5. The number of aromatic nitrogens is 1. The van der Waals surface area contributed by atoms with Crippen molar-refractivity contribution in [3.8, 4) is 0 Å². The van der Waals surface area contributed by atoms with E-state index in [1.54, 1.807) is 0 Å². The lowest BCUT2D eigenvalue weighted by Gasteiger charge is -2.35. The standard InChI is InChI=1S/C15H26N3O.2BrH/c1-4-18(5-2,6-3)13-7-10-17-11-8-15(9-12-17)14-16-19;;/h8-9,11-12,14H,4-7,10,13H2,1-3H3;2*1H/q+1;;/p-1. The van der Waals surface area contributed by atoms with Crippen molar-refractivity contribution in [2.45, 2.75) is 33.7 Å². The van der Waals surface area contributed by atoms with Gasteiger partial charge in [0.15, 0.2) is 18.9 Å². The van der Waals surface area contributed by atoms with Crippen LogP contribution in [0.1, 0.15) is 32.8 Å². The van der Waals surface area contributed by atoms with E-state index in [9.17, 15) is 0 Å². The normalized spacial score (nSPS) is 11.0. The maximum absolute atomic E-state index is 8.46. The number of pyridine rings is 1. The maximum atomic E-state index is 8.46. The van der Waals surface area contributed by atoms with E-state index >= 15 is 0 Å². The molecule has 0 aliphatic rings. The predicted molar refractivity (Wildman–Crippen MR) is 77.4 cm³/mol. The highest BCUT2D eigenvalue weighted by Crippen LogP contribution is 2.07. The summed E-state index contributed by atoms with van der Waals surface area (Å²) >= 11 is 0. The fourth-order valence-electron chi connectivity index (χ4n) is 2.50. The third-order valence-electron chi connectivity index (χ3n) is 4.18. The number of quaternary nitrogens is 1. The SMILES string of the molecule is CC[N+](CC)(CC)CCC[n+]1ccc(/C=N\O)cc1.[Br-].[Br-]. The van der Waals surface area contributed by atoms with Gasteiger partial charge in [0, 0.05) is 17.7 Å². The third kappa shape index (κ3) is 7.38. The number of nitrogens with zero attached hydrogens (tertiary/aromatic N) is 3. The highest BCUT2D eigenvalue weighted by molar-refractivity contribution is 5.78. The molecule has 0 radical (unpaired) electrons. The van der Waals surface area contributed by atoms with Crippen LogP contribution >= 0.6 is 0 Å². The minimum absolute atomic E-state index is 0. The van der Waals surface area contributed by atoms with Gasteiger partial charge in [-0.1, -0.05) is 5.16 Å².